The number of hydrogen-bond donors (Lipinski definition) is 1. The maximum Gasteiger partial charge on any atom is 0.194 e. The minimum atomic E-state index is -3.05. The molecule has 0 unspecified atom stereocenters. The molecule has 0 radical (unpaired) electrons. The topological polar surface area (TPSA) is 74.7 Å². The summed E-state index contributed by atoms with van der Waals surface area (Å²) in [5.41, 5.74) is 2.08. The van der Waals surface area contributed by atoms with Crippen LogP contribution in [-0.2, 0) is 16.4 Å². The molecule has 122 valence electrons. The Labute approximate surface area is 132 Å². The van der Waals surface area contributed by atoms with Gasteiger partial charge in [0, 0.05) is 26.3 Å². The van der Waals surface area contributed by atoms with Gasteiger partial charge in [0.05, 0.1) is 22.7 Å². The van der Waals surface area contributed by atoms with Gasteiger partial charge in [-0.2, -0.15) is 0 Å². The zero-order valence-corrected chi connectivity index (χ0v) is 14.4. The van der Waals surface area contributed by atoms with Gasteiger partial charge in [-0.25, -0.2) is 8.42 Å². The predicted octanol–water partition coefficient (Wildman–Crippen LogP) is 0.974. The van der Waals surface area contributed by atoms with E-state index in [-0.39, 0.29) is 5.75 Å². The third-order valence-corrected chi connectivity index (χ3v) is 6.62. The molecule has 0 bridgehead atoms. The van der Waals surface area contributed by atoms with E-state index in [0.717, 1.165) is 11.3 Å². The highest BCUT2D eigenvalue weighted by atomic mass is 32.2. The molecule has 0 saturated carbocycles. The number of aromatic nitrogens is 1. The first kappa shape index (κ1) is 16.7. The Bertz CT molecular complexity index is 668. The number of sulfone groups is 1. The van der Waals surface area contributed by atoms with Crippen LogP contribution in [0.4, 0.5) is 0 Å². The van der Waals surface area contributed by atoms with E-state index >= 15 is 0 Å². The van der Waals surface area contributed by atoms with Crippen molar-refractivity contribution in [1.29, 1.82) is 0 Å². The lowest BCUT2D eigenvalue weighted by Gasteiger charge is -2.39. The average molecular weight is 324 g/mol. The molecule has 0 spiro atoms. The normalized spacial score (nSPS) is 20.7. The van der Waals surface area contributed by atoms with Crippen LogP contribution in [0.25, 0.3) is 0 Å². The van der Waals surface area contributed by atoms with Gasteiger partial charge in [0.2, 0.25) is 0 Å². The molecule has 1 N–H and O–H groups in total. The molecule has 7 heteroatoms. The van der Waals surface area contributed by atoms with Gasteiger partial charge in [-0.05, 0) is 32.4 Å². The van der Waals surface area contributed by atoms with Crippen molar-refractivity contribution in [3.63, 3.8) is 0 Å². The molecule has 0 atom stereocenters. The Morgan fingerprint density at radius 2 is 2.23 bits per heavy atom. The zero-order valence-electron chi connectivity index (χ0n) is 13.6. The fraction of sp³-hybridized carbons (Fsp3) is 0.600. The quantitative estimate of drug-likeness (QED) is 0.648. The monoisotopic (exact) mass is 324 g/mol. The Hall–Kier alpha value is -1.63. The second-order valence-corrected chi connectivity index (χ2v) is 8.91. The van der Waals surface area contributed by atoms with Crippen LogP contribution in [0.2, 0.25) is 0 Å². The first-order chi connectivity index (χ1) is 10.3. The largest absolute Gasteiger partial charge is 0.351 e. The van der Waals surface area contributed by atoms with Gasteiger partial charge < -0.3 is 10.2 Å². The summed E-state index contributed by atoms with van der Waals surface area (Å²) in [7, 11) is -1.33. The molecule has 1 fully saturated rings. The lowest BCUT2D eigenvalue weighted by atomic mass is 10.2. The summed E-state index contributed by atoms with van der Waals surface area (Å²) in [6, 6.07) is 3.93. The van der Waals surface area contributed by atoms with Crippen molar-refractivity contribution in [2.75, 3.05) is 25.9 Å². The van der Waals surface area contributed by atoms with Crippen molar-refractivity contribution >= 4 is 15.8 Å². The van der Waals surface area contributed by atoms with E-state index in [1.165, 1.54) is 0 Å². The van der Waals surface area contributed by atoms with Gasteiger partial charge in [-0.15, -0.1) is 0 Å². The number of pyridine rings is 1. The molecule has 1 aliphatic rings. The summed E-state index contributed by atoms with van der Waals surface area (Å²) >= 11 is 0. The van der Waals surface area contributed by atoms with Crippen molar-refractivity contribution in [3.8, 4) is 0 Å². The summed E-state index contributed by atoms with van der Waals surface area (Å²) in [6.45, 7) is 7.03. The third kappa shape index (κ3) is 3.40. The number of rotatable bonds is 2. The predicted molar refractivity (Wildman–Crippen MR) is 88.6 cm³/mol. The molecular formula is C15H24N4O2S. The number of nitrogens with one attached hydrogen (secondary N) is 1. The minimum absolute atomic E-state index is 0.156. The van der Waals surface area contributed by atoms with E-state index in [2.05, 4.69) is 15.3 Å². The first-order valence-corrected chi connectivity index (χ1v) is 9.00. The Kier molecular flexibility index (Phi) is 4.75. The van der Waals surface area contributed by atoms with Crippen molar-refractivity contribution in [2.45, 2.75) is 32.1 Å². The maximum absolute atomic E-state index is 12.1. The SMILES string of the molecule is CN=C(NCc1ncccc1C)N1CCS(=O)(=O)C(C)(C)C1. The van der Waals surface area contributed by atoms with Crippen LogP contribution in [0, 0.1) is 6.92 Å². The number of guanidine groups is 1. The third-order valence-electron chi connectivity index (χ3n) is 4.09. The Balaban J connectivity index is 2.06. The van der Waals surface area contributed by atoms with Crippen LogP contribution < -0.4 is 5.32 Å². The molecule has 1 saturated heterocycles. The highest BCUT2D eigenvalue weighted by molar-refractivity contribution is 7.92. The van der Waals surface area contributed by atoms with Crippen molar-refractivity contribution in [1.82, 2.24) is 15.2 Å². The van der Waals surface area contributed by atoms with Gasteiger partial charge >= 0.3 is 0 Å². The fourth-order valence-corrected chi connectivity index (χ4v) is 3.89. The standard InChI is InChI=1S/C15H24N4O2S/c1-12-6-5-7-17-13(12)10-18-14(16-4)19-8-9-22(20,21)15(2,3)11-19/h5-7H,8-11H2,1-4H3,(H,16,18). The lowest BCUT2D eigenvalue weighted by Crippen LogP contribution is -2.57. The molecule has 1 aromatic heterocycles. The van der Waals surface area contributed by atoms with E-state index in [4.69, 9.17) is 0 Å². The highest BCUT2D eigenvalue weighted by Crippen LogP contribution is 2.23. The van der Waals surface area contributed by atoms with Crippen molar-refractivity contribution in [2.24, 2.45) is 4.99 Å². The lowest BCUT2D eigenvalue weighted by molar-refractivity contribution is 0.353. The Morgan fingerprint density at radius 3 is 2.82 bits per heavy atom. The summed E-state index contributed by atoms with van der Waals surface area (Å²) in [4.78, 5) is 10.6. The smallest absolute Gasteiger partial charge is 0.194 e. The van der Waals surface area contributed by atoms with Gasteiger partial charge in [-0.3, -0.25) is 9.98 Å². The first-order valence-electron chi connectivity index (χ1n) is 7.35. The number of hydrogen-bond acceptors (Lipinski definition) is 4. The van der Waals surface area contributed by atoms with E-state index in [1.54, 1.807) is 27.1 Å². The second kappa shape index (κ2) is 6.24. The van der Waals surface area contributed by atoms with E-state index in [0.29, 0.717) is 25.6 Å². The molecule has 0 aliphatic carbocycles. The highest BCUT2D eigenvalue weighted by Gasteiger charge is 2.40. The van der Waals surface area contributed by atoms with Crippen LogP contribution >= 0.6 is 0 Å². The summed E-state index contributed by atoms with van der Waals surface area (Å²) in [5, 5.41) is 3.28. The van der Waals surface area contributed by atoms with Crippen LogP contribution in [0.5, 0.6) is 0 Å². The summed E-state index contributed by atoms with van der Waals surface area (Å²) in [6.07, 6.45) is 1.77. The molecule has 6 nitrogen and oxygen atoms in total. The van der Waals surface area contributed by atoms with Gasteiger partial charge in [0.15, 0.2) is 15.8 Å². The van der Waals surface area contributed by atoms with Crippen LogP contribution in [0.15, 0.2) is 23.3 Å². The van der Waals surface area contributed by atoms with E-state index in [1.807, 2.05) is 24.0 Å². The van der Waals surface area contributed by atoms with Crippen LogP contribution in [0.1, 0.15) is 25.1 Å². The van der Waals surface area contributed by atoms with Crippen molar-refractivity contribution < 1.29 is 8.42 Å². The van der Waals surface area contributed by atoms with Crippen LogP contribution in [0.3, 0.4) is 0 Å². The molecule has 22 heavy (non-hydrogen) atoms. The van der Waals surface area contributed by atoms with Gasteiger partial charge in [-0.1, -0.05) is 6.07 Å². The molecule has 0 aromatic carbocycles. The molecule has 1 aliphatic heterocycles. The Morgan fingerprint density at radius 1 is 1.50 bits per heavy atom. The molecule has 1 aromatic rings. The molecule has 2 heterocycles. The van der Waals surface area contributed by atoms with Gasteiger partial charge in [0.1, 0.15) is 0 Å². The van der Waals surface area contributed by atoms with E-state index < -0.39 is 14.6 Å². The number of nitrogens with zero attached hydrogens (tertiary/aromatic N) is 3. The zero-order chi connectivity index (χ0) is 16.4. The molecule has 2 rings (SSSR count). The summed E-state index contributed by atoms with van der Waals surface area (Å²) < 4.78 is 23.4. The molecule has 0 amide bonds. The fourth-order valence-electron chi connectivity index (χ4n) is 2.52. The average Bonchev–Trinajstić information content (AvgIpc) is 2.45. The maximum atomic E-state index is 12.1. The number of aliphatic imine (C=N–C) groups is 1. The molecular weight excluding hydrogens is 300 g/mol. The van der Waals surface area contributed by atoms with Crippen LogP contribution in [-0.4, -0.2) is 54.9 Å². The number of aryl methyl sites for hydroxylation is 1. The van der Waals surface area contributed by atoms with Gasteiger partial charge in [0.25, 0.3) is 0 Å². The minimum Gasteiger partial charge on any atom is -0.351 e. The van der Waals surface area contributed by atoms with Crippen molar-refractivity contribution in [3.05, 3.63) is 29.6 Å². The summed E-state index contributed by atoms with van der Waals surface area (Å²) in [5.74, 6) is 0.872. The van der Waals surface area contributed by atoms with E-state index in [9.17, 15) is 8.42 Å². The second-order valence-electron chi connectivity index (χ2n) is 6.17.